The molecular weight excluding hydrogens is 464 g/mol. The summed E-state index contributed by atoms with van der Waals surface area (Å²) in [6.45, 7) is 1.17. The van der Waals surface area contributed by atoms with Crippen LogP contribution >= 0.6 is 11.8 Å². The number of piperidine rings is 1. The van der Waals surface area contributed by atoms with E-state index in [0.717, 1.165) is 28.0 Å². The molecule has 1 aliphatic heterocycles. The van der Waals surface area contributed by atoms with Gasteiger partial charge < -0.3 is 20.1 Å². The number of thioether (sulfide) groups is 1. The summed E-state index contributed by atoms with van der Waals surface area (Å²) >= 11 is 1.61. The summed E-state index contributed by atoms with van der Waals surface area (Å²) in [4.78, 5) is 39.2. The zero-order chi connectivity index (χ0) is 24.5. The number of carbonyl (C=O) groups is 3. The molecule has 35 heavy (non-hydrogen) atoms. The van der Waals surface area contributed by atoms with Gasteiger partial charge in [0, 0.05) is 19.0 Å². The largest absolute Gasteiger partial charge is 0.481 e. The molecule has 2 aromatic rings. The number of ether oxygens (including phenoxy) is 1. The van der Waals surface area contributed by atoms with Crippen LogP contribution in [0.25, 0.3) is 11.1 Å². The lowest BCUT2D eigenvalue weighted by Gasteiger charge is -2.30. The number of hydrogen-bond acceptors (Lipinski definition) is 5. The third kappa shape index (κ3) is 4.63. The summed E-state index contributed by atoms with van der Waals surface area (Å²) in [5.41, 5.74) is 4.59. The summed E-state index contributed by atoms with van der Waals surface area (Å²) in [5.74, 6) is -0.385. The number of carboxylic acids is 1. The van der Waals surface area contributed by atoms with Gasteiger partial charge in [-0.1, -0.05) is 48.5 Å². The Morgan fingerprint density at radius 1 is 1.09 bits per heavy atom. The second-order valence-electron chi connectivity index (χ2n) is 9.57. The van der Waals surface area contributed by atoms with Crippen molar-refractivity contribution in [1.82, 2.24) is 10.2 Å². The molecule has 1 heterocycles. The molecule has 5 rings (SSSR count). The highest BCUT2D eigenvalue weighted by molar-refractivity contribution is 7.98. The van der Waals surface area contributed by atoms with E-state index in [-0.39, 0.29) is 36.2 Å². The fourth-order valence-corrected chi connectivity index (χ4v) is 6.27. The summed E-state index contributed by atoms with van der Waals surface area (Å²) in [6.07, 6.45) is 2.56. The number of nitrogens with zero attached hydrogens (tertiary/aromatic N) is 1. The highest BCUT2D eigenvalue weighted by Gasteiger charge is 2.57. The smallest absolute Gasteiger partial charge is 0.407 e. The first-order valence-electron chi connectivity index (χ1n) is 12.1. The minimum Gasteiger partial charge on any atom is -0.481 e. The minimum atomic E-state index is -0.773. The minimum absolute atomic E-state index is 0.0286. The molecule has 3 unspecified atom stereocenters. The molecule has 1 saturated heterocycles. The molecule has 184 valence electrons. The Morgan fingerprint density at radius 3 is 2.37 bits per heavy atom. The number of benzene rings is 2. The molecule has 2 aromatic carbocycles. The normalized spacial score (nSPS) is 23.0. The Labute approximate surface area is 209 Å². The molecule has 0 radical (unpaired) electrons. The van der Waals surface area contributed by atoms with Gasteiger partial charge in [-0.3, -0.25) is 9.59 Å². The molecule has 3 aliphatic rings. The second-order valence-corrected chi connectivity index (χ2v) is 10.6. The third-order valence-electron chi connectivity index (χ3n) is 7.64. The van der Waals surface area contributed by atoms with Crippen molar-refractivity contribution in [2.45, 2.75) is 24.8 Å². The van der Waals surface area contributed by atoms with Crippen molar-refractivity contribution >= 4 is 29.7 Å². The van der Waals surface area contributed by atoms with Crippen LogP contribution in [0, 0.1) is 17.8 Å². The highest BCUT2D eigenvalue weighted by atomic mass is 32.2. The first-order chi connectivity index (χ1) is 17.0. The zero-order valence-corrected chi connectivity index (χ0v) is 20.5. The maximum atomic E-state index is 13.3. The quantitative estimate of drug-likeness (QED) is 0.579. The molecule has 4 atom stereocenters. The average Bonchev–Trinajstić information content (AvgIpc) is 3.52. The number of hydrogen-bond donors (Lipinski definition) is 2. The van der Waals surface area contributed by atoms with Crippen LogP contribution in [0.5, 0.6) is 0 Å². The number of carbonyl (C=O) groups excluding carboxylic acids is 2. The summed E-state index contributed by atoms with van der Waals surface area (Å²) < 4.78 is 5.66. The number of aliphatic carboxylic acids is 1. The van der Waals surface area contributed by atoms with E-state index in [9.17, 15) is 19.5 Å². The van der Waals surface area contributed by atoms with Crippen LogP contribution in [0.1, 0.15) is 29.9 Å². The first kappa shape index (κ1) is 23.7. The molecule has 2 N–H and O–H groups in total. The van der Waals surface area contributed by atoms with Crippen molar-refractivity contribution in [2.75, 3.05) is 31.7 Å². The third-order valence-corrected chi connectivity index (χ3v) is 8.28. The van der Waals surface area contributed by atoms with Crippen LogP contribution < -0.4 is 5.32 Å². The van der Waals surface area contributed by atoms with E-state index >= 15 is 0 Å². The maximum Gasteiger partial charge on any atom is 0.407 e. The molecule has 8 heteroatoms. The molecule has 1 saturated carbocycles. The number of fused-ring (bicyclic) bond motifs is 4. The van der Waals surface area contributed by atoms with Gasteiger partial charge in [-0.2, -0.15) is 11.8 Å². The number of alkyl carbamates (subject to hydrolysis) is 1. The lowest BCUT2D eigenvalue weighted by molar-refractivity contribution is -0.139. The number of carboxylic acid groups (broad SMARTS) is 1. The van der Waals surface area contributed by atoms with E-state index in [1.807, 2.05) is 30.5 Å². The summed E-state index contributed by atoms with van der Waals surface area (Å²) in [6, 6.07) is 15.6. The first-order valence-corrected chi connectivity index (χ1v) is 13.5. The van der Waals surface area contributed by atoms with Crippen molar-refractivity contribution in [3.8, 4) is 11.1 Å². The van der Waals surface area contributed by atoms with E-state index in [1.165, 1.54) is 0 Å². The Morgan fingerprint density at radius 2 is 1.74 bits per heavy atom. The van der Waals surface area contributed by atoms with Gasteiger partial charge in [0.05, 0.1) is 5.92 Å². The Bertz CT molecular complexity index is 1090. The summed E-state index contributed by atoms with van der Waals surface area (Å²) in [5, 5.41) is 12.1. The lowest BCUT2D eigenvalue weighted by atomic mass is 9.98. The predicted molar refractivity (Wildman–Crippen MR) is 134 cm³/mol. The van der Waals surface area contributed by atoms with Crippen LogP contribution in [-0.2, 0) is 14.3 Å². The molecular formula is C27H30N2O5S. The van der Waals surface area contributed by atoms with Crippen LogP contribution in [0.2, 0.25) is 0 Å². The number of likely N-dealkylation sites (tertiary alicyclic amines) is 1. The fraction of sp³-hybridized carbons (Fsp3) is 0.444. The predicted octanol–water partition coefficient (Wildman–Crippen LogP) is 3.83. The van der Waals surface area contributed by atoms with Crippen LogP contribution in [0.15, 0.2) is 48.5 Å². The van der Waals surface area contributed by atoms with Crippen molar-refractivity contribution in [2.24, 2.45) is 17.8 Å². The molecule has 0 bridgehead atoms. The van der Waals surface area contributed by atoms with Crippen molar-refractivity contribution < 1.29 is 24.2 Å². The van der Waals surface area contributed by atoms with E-state index in [4.69, 9.17) is 4.74 Å². The van der Waals surface area contributed by atoms with Gasteiger partial charge >= 0.3 is 12.1 Å². The Balaban J connectivity index is 1.22. The molecule has 2 aliphatic carbocycles. The van der Waals surface area contributed by atoms with Crippen molar-refractivity contribution in [1.29, 1.82) is 0 Å². The van der Waals surface area contributed by atoms with E-state index in [1.54, 1.807) is 16.7 Å². The lowest BCUT2D eigenvalue weighted by Crippen LogP contribution is -2.50. The van der Waals surface area contributed by atoms with Gasteiger partial charge in [-0.25, -0.2) is 4.79 Å². The van der Waals surface area contributed by atoms with Crippen LogP contribution in [-0.4, -0.2) is 65.7 Å². The topological polar surface area (TPSA) is 95.9 Å². The van der Waals surface area contributed by atoms with Crippen LogP contribution in [0.4, 0.5) is 4.79 Å². The van der Waals surface area contributed by atoms with E-state index < -0.39 is 18.1 Å². The average molecular weight is 495 g/mol. The zero-order valence-electron chi connectivity index (χ0n) is 19.7. The molecule has 0 spiro atoms. The summed E-state index contributed by atoms with van der Waals surface area (Å²) in [7, 11) is 0. The molecule has 2 amide bonds. The number of rotatable bonds is 8. The van der Waals surface area contributed by atoms with Crippen LogP contribution in [0.3, 0.4) is 0 Å². The van der Waals surface area contributed by atoms with Gasteiger partial charge in [0.25, 0.3) is 0 Å². The number of nitrogens with one attached hydrogen (secondary N) is 1. The van der Waals surface area contributed by atoms with E-state index in [2.05, 4.69) is 29.6 Å². The SMILES string of the molecule is CSCC[C@H](NC(=O)OCC1c2ccccc2-c2ccccc21)C(=O)N1CCC2C(C1)C2C(=O)O. The molecule has 0 aromatic heterocycles. The van der Waals surface area contributed by atoms with Gasteiger partial charge in [0.2, 0.25) is 5.91 Å². The fourth-order valence-electron chi connectivity index (χ4n) is 5.80. The van der Waals surface area contributed by atoms with Gasteiger partial charge in [-0.05, 0) is 58.9 Å². The monoisotopic (exact) mass is 494 g/mol. The standard InChI is InChI=1S/C27H30N2O5S/c1-35-13-11-23(25(30)29-12-10-20-21(14-29)24(20)26(31)32)28-27(33)34-15-22-18-8-4-2-6-16(18)17-7-3-5-9-19(17)22/h2-9,20-24H,10-15H2,1H3,(H,28,33)(H,31,32)/t20?,21?,23-,24?/m0/s1. The van der Waals surface area contributed by atoms with Crippen molar-refractivity contribution in [3.63, 3.8) is 0 Å². The van der Waals surface area contributed by atoms with E-state index in [0.29, 0.717) is 25.9 Å². The maximum absolute atomic E-state index is 13.3. The molecule has 2 fully saturated rings. The van der Waals surface area contributed by atoms with Gasteiger partial charge in [-0.15, -0.1) is 0 Å². The Hall–Kier alpha value is -3.00. The van der Waals surface area contributed by atoms with Crippen molar-refractivity contribution in [3.05, 3.63) is 59.7 Å². The second kappa shape index (κ2) is 9.93. The molecule has 7 nitrogen and oxygen atoms in total. The highest BCUT2D eigenvalue weighted by Crippen LogP contribution is 2.51. The number of amides is 2. The Kier molecular flexibility index (Phi) is 6.73. The van der Waals surface area contributed by atoms with Gasteiger partial charge in [0.15, 0.2) is 0 Å². The van der Waals surface area contributed by atoms with Gasteiger partial charge in [0.1, 0.15) is 12.6 Å².